The number of anilines is 4. The summed E-state index contributed by atoms with van der Waals surface area (Å²) in [7, 11) is 6.29. The largest absolute Gasteiger partial charge is 0.504 e. The van der Waals surface area contributed by atoms with E-state index in [1.165, 1.54) is 0 Å². The van der Waals surface area contributed by atoms with Crippen molar-refractivity contribution in [3.05, 3.63) is 82.6 Å². The second-order valence-corrected chi connectivity index (χ2v) is 11.0. The molecule has 21 heteroatoms. The molecular weight excluding hydrogens is 619 g/mol. The van der Waals surface area contributed by atoms with Crippen molar-refractivity contribution in [2.24, 2.45) is 21.0 Å². The summed E-state index contributed by atoms with van der Waals surface area (Å²) in [4.78, 5) is 22.7. The zero-order chi connectivity index (χ0) is 32.7. The summed E-state index contributed by atoms with van der Waals surface area (Å²) in [5.74, 6) is -0.961. The number of aldehydes is 1. The molecule has 1 heterocycles. The quantitative estimate of drug-likeness (QED) is 0.0203. The molecule has 0 amide bonds. The number of phenols is 1. The number of carbonyl (C=O) groups is 1. The highest BCUT2D eigenvalue weighted by atomic mass is 35.5. The number of phenolic OH excluding ortho intramolecular Hbond substituents is 1. The van der Waals surface area contributed by atoms with Crippen LogP contribution in [0.5, 0.6) is 5.75 Å². The normalized spacial score (nSPS) is 11.7. The van der Waals surface area contributed by atoms with Crippen LogP contribution in [0.15, 0.2) is 80.9 Å². The van der Waals surface area contributed by atoms with Gasteiger partial charge in [-0.15, -0.1) is 10.2 Å². The van der Waals surface area contributed by atoms with E-state index in [-0.39, 0.29) is 40.1 Å². The van der Waals surface area contributed by atoms with Crippen molar-refractivity contribution in [2.45, 2.75) is 11.8 Å². The molecule has 4 aromatic rings. The van der Waals surface area contributed by atoms with E-state index >= 15 is 0 Å². The lowest BCUT2D eigenvalue weighted by Gasteiger charge is -2.15. The number of nitrogens with zero attached hydrogens (tertiary/aromatic N) is 6. The fraction of sp³-hybridized carbons (Fsp3) is 0.0417. The fourth-order valence-electron chi connectivity index (χ4n) is 3.56. The molecule has 0 aliphatic rings. The number of halogens is 1. The Morgan fingerprint density at radius 1 is 1.04 bits per heavy atom. The van der Waals surface area contributed by atoms with Gasteiger partial charge >= 0.3 is 0 Å². The minimum absolute atomic E-state index is 0.00506. The first-order valence-corrected chi connectivity index (χ1v) is 14.6. The summed E-state index contributed by atoms with van der Waals surface area (Å²) in [6.45, 7) is 0.859. The number of rotatable bonds is 11. The number of amidine groups is 1. The SMILES string of the molecule is [B]B([B])B(N)Nc1nc(Cl)nc(Nc2cc(S(=O)(=O)O)cc(N/N=C(\N=Nc3cc(C)ccc3C=O)c3ccccc3)c2O)n1. The highest BCUT2D eigenvalue weighted by molar-refractivity contribution is 7.85. The number of nitrogens with one attached hydrogen (secondary N) is 3. The molecule has 3 aromatic carbocycles. The number of aryl methyl sites for hydroxylation is 1. The van der Waals surface area contributed by atoms with Crippen molar-refractivity contribution in [1.82, 2.24) is 15.0 Å². The minimum Gasteiger partial charge on any atom is -0.504 e. The number of carbonyl (C=O) groups excluding carboxylic acids is 1. The topological polar surface area (TPSA) is 230 Å². The van der Waals surface area contributed by atoms with Crippen molar-refractivity contribution >= 4 is 91.5 Å². The summed E-state index contributed by atoms with van der Waals surface area (Å²) in [6, 6.07) is 15.4. The van der Waals surface area contributed by atoms with Gasteiger partial charge in [0.05, 0.1) is 22.7 Å². The van der Waals surface area contributed by atoms with Gasteiger partial charge in [0, 0.05) is 26.6 Å². The lowest BCUT2D eigenvalue weighted by Crippen LogP contribution is -2.52. The van der Waals surface area contributed by atoms with Crippen LogP contribution in [0.25, 0.3) is 0 Å². The van der Waals surface area contributed by atoms with E-state index in [0.29, 0.717) is 17.4 Å². The highest BCUT2D eigenvalue weighted by Crippen LogP contribution is 2.37. The fourth-order valence-corrected chi connectivity index (χ4v) is 4.25. The van der Waals surface area contributed by atoms with Crippen molar-refractivity contribution in [3.8, 4) is 5.75 Å². The summed E-state index contributed by atoms with van der Waals surface area (Å²) in [5, 5.41) is 28.6. The first-order chi connectivity index (χ1) is 21.3. The van der Waals surface area contributed by atoms with Gasteiger partial charge in [0.25, 0.3) is 17.0 Å². The van der Waals surface area contributed by atoms with Gasteiger partial charge < -0.3 is 21.3 Å². The van der Waals surface area contributed by atoms with Crippen LogP contribution in [0.1, 0.15) is 21.5 Å². The first-order valence-electron chi connectivity index (χ1n) is 12.8. The zero-order valence-electron chi connectivity index (χ0n) is 23.3. The van der Waals surface area contributed by atoms with E-state index in [9.17, 15) is 22.9 Å². The molecule has 0 bridgehead atoms. The van der Waals surface area contributed by atoms with E-state index < -0.39 is 34.0 Å². The second kappa shape index (κ2) is 14.3. The summed E-state index contributed by atoms with van der Waals surface area (Å²) in [5.41, 5.74) is 9.66. The Hall–Kier alpha value is -4.77. The van der Waals surface area contributed by atoms with Gasteiger partial charge in [-0.3, -0.25) is 14.8 Å². The van der Waals surface area contributed by atoms with Gasteiger partial charge in [0.1, 0.15) is 5.69 Å². The number of nitrogens with two attached hydrogens (primary N) is 1. The summed E-state index contributed by atoms with van der Waals surface area (Å²) in [6.07, 6.45) is -0.343. The summed E-state index contributed by atoms with van der Waals surface area (Å²) >= 11 is 5.99. The monoisotopic (exact) mass is 640 g/mol. The van der Waals surface area contributed by atoms with Crippen LogP contribution >= 0.6 is 11.6 Å². The smallest absolute Gasteiger partial charge is 0.294 e. The minimum atomic E-state index is -4.80. The molecule has 0 saturated carbocycles. The molecule has 0 spiro atoms. The van der Waals surface area contributed by atoms with Gasteiger partial charge in [0.15, 0.2) is 12.0 Å². The highest BCUT2D eigenvalue weighted by Gasteiger charge is 2.20. The number of hydrazone groups is 1. The maximum Gasteiger partial charge on any atom is 0.294 e. The van der Waals surface area contributed by atoms with Crippen LogP contribution < -0.4 is 21.6 Å². The average molecular weight is 640 g/mol. The Morgan fingerprint density at radius 2 is 1.73 bits per heavy atom. The molecule has 15 nitrogen and oxygen atoms in total. The molecule has 0 atom stereocenters. The summed E-state index contributed by atoms with van der Waals surface area (Å²) < 4.78 is 34.0. The van der Waals surface area contributed by atoms with Crippen LogP contribution in [-0.4, -0.2) is 73.9 Å². The predicted molar refractivity (Wildman–Crippen MR) is 175 cm³/mol. The van der Waals surface area contributed by atoms with Crippen LogP contribution in [0.4, 0.5) is 29.0 Å². The lowest BCUT2D eigenvalue weighted by molar-refractivity contribution is 0.112. The van der Waals surface area contributed by atoms with E-state index in [2.05, 4.69) is 46.3 Å². The van der Waals surface area contributed by atoms with E-state index in [4.69, 9.17) is 32.7 Å². The van der Waals surface area contributed by atoms with E-state index in [0.717, 1.165) is 17.7 Å². The van der Waals surface area contributed by atoms with Crippen LogP contribution in [-0.2, 0) is 10.1 Å². The van der Waals surface area contributed by atoms with Crippen molar-refractivity contribution in [1.29, 1.82) is 0 Å². The Labute approximate surface area is 265 Å². The van der Waals surface area contributed by atoms with Gasteiger partial charge in [-0.25, -0.2) is 0 Å². The van der Waals surface area contributed by atoms with Crippen LogP contribution in [0.2, 0.25) is 5.28 Å². The molecule has 0 saturated heterocycles. The molecule has 0 fully saturated rings. The second-order valence-electron chi connectivity index (χ2n) is 9.26. The Morgan fingerprint density at radius 3 is 2.40 bits per heavy atom. The number of hydrogen-bond acceptors (Lipinski definition) is 13. The molecule has 0 aliphatic heterocycles. The van der Waals surface area contributed by atoms with Gasteiger partial charge in [-0.1, -0.05) is 36.4 Å². The third-order valence-corrected chi connectivity index (χ3v) is 6.83. The van der Waals surface area contributed by atoms with Gasteiger partial charge in [0.2, 0.25) is 23.0 Å². The number of aromatic nitrogens is 3. The van der Waals surface area contributed by atoms with Crippen molar-refractivity contribution < 1.29 is 22.9 Å². The zero-order valence-corrected chi connectivity index (χ0v) is 24.9. The van der Waals surface area contributed by atoms with E-state index in [1.807, 2.05) is 6.92 Å². The Balaban J connectivity index is 1.74. The molecule has 0 aliphatic carbocycles. The standard InChI is InChI=1S/C24H21B4ClN10O5S/c1-13-7-8-15(12-40)17(9-13)36-38-21(14-5-3-2-4-6-14)39-37-19-11-16(45(42,43)44)10-18(20(19)41)31-23-32-22(29)33-24(34-23)35-28(30)27(25)26/h2-12,37,41H,30H2,1H3,(H,42,43,44)(H2,31,32,33,34,35)/b38-36?,39-21-. The van der Waals surface area contributed by atoms with E-state index in [1.54, 1.807) is 48.5 Å². The van der Waals surface area contributed by atoms with Gasteiger partial charge in [-0.05, 0) is 48.4 Å². The predicted octanol–water partition coefficient (Wildman–Crippen LogP) is 2.66. The molecule has 4 radical (unpaired) electrons. The molecule has 45 heavy (non-hydrogen) atoms. The van der Waals surface area contributed by atoms with Gasteiger partial charge in [-0.2, -0.15) is 28.5 Å². The lowest BCUT2D eigenvalue weighted by atomic mass is 9.00. The molecule has 4 rings (SSSR count). The maximum absolute atomic E-state index is 12.1. The molecule has 1 aromatic heterocycles. The Kier molecular flexibility index (Phi) is 10.6. The molecule has 0 unspecified atom stereocenters. The number of benzene rings is 3. The van der Waals surface area contributed by atoms with Crippen molar-refractivity contribution in [2.75, 3.05) is 16.0 Å². The molecule has 222 valence electrons. The maximum atomic E-state index is 12.1. The number of aromatic hydroxyl groups is 1. The van der Waals surface area contributed by atoms with Crippen molar-refractivity contribution in [3.63, 3.8) is 0 Å². The molecule has 7 N–H and O–H groups in total. The number of hydrogen-bond donors (Lipinski definition) is 6. The third-order valence-electron chi connectivity index (χ3n) is 5.83. The Bertz CT molecular complexity index is 1890. The molecular formula is C24H21B4ClN10O5S. The van der Waals surface area contributed by atoms with Crippen LogP contribution in [0, 0.1) is 6.92 Å². The van der Waals surface area contributed by atoms with Crippen LogP contribution in [0.3, 0.4) is 0 Å². The first kappa shape index (κ1) is 33.1. The number of azo groups is 1. The third kappa shape index (κ3) is 8.88. The average Bonchev–Trinajstić information content (AvgIpc) is 2.98.